The fourth-order valence-corrected chi connectivity index (χ4v) is 2.84. The topological polar surface area (TPSA) is 71.8 Å². The number of hydrogen-bond donors (Lipinski definition) is 1. The number of benzene rings is 1. The molecule has 1 aliphatic rings. The summed E-state index contributed by atoms with van der Waals surface area (Å²) >= 11 is 0. The van der Waals surface area contributed by atoms with Crippen molar-refractivity contribution in [2.75, 3.05) is 19.8 Å². The van der Waals surface area contributed by atoms with Crippen molar-refractivity contribution in [1.29, 1.82) is 0 Å². The van der Waals surface area contributed by atoms with Crippen molar-refractivity contribution in [3.8, 4) is 11.3 Å². The highest BCUT2D eigenvalue weighted by Crippen LogP contribution is 2.23. The van der Waals surface area contributed by atoms with Crippen LogP contribution in [0.1, 0.15) is 10.5 Å². The third kappa shape index (κ3) is 2.90. The molecule has 1 unspecified atom stereocenters. The van der Waals surface area contributed by atoms with Crippen molar-refractivity contribution in [2.45, 2.75) is 6.04 Å². The van der Waals surface area contributed by atoms with Gasteiger partial charge in [0.15, 0.2) is 6.04 Å². The molecule has 6 nitrogen and oxygen atoms in total. The van der Waals surface area contributed by atoms with E-state index < -0.39 is 12.0 Å². The van der Waals surface area contributed by atoms with Crippen LogP contribution >= 0.6 is 0 Å². The number of hydrogen-bond acceptors (Lipinski definition) is 3. The number of amides is 1. The largest absolute Gasteiger partial charge is 0.480 e. The van der Waals surface area contributed by atoms with Gasteiger partial charge in [0.2, 0.25) is 0 Å². The number of carbonyl (C=O) groups excluding carboxylic acids is 1. The Morgan fingerprint density at radius 1 is 1.21 bits per heavy atom. The lowest BCUT2D eigenvalue weighted by Gasteiger charge is -2.32. The van der Waals surface area contributed by atoms with Gasteiger partial charge < -0.3 is 19.3 Å². The molecule has 1 atom stereocenters. The molecule has 24 heavy (non-hydrogen) atoms. The van der Waals surface area contributed by atoms with E-state index in [9.17, 15) is 19.1 Å². The van der Waals surface area contributed by atoms with Crippen LogP contribution in [0.3, 0.4) is 0 Å². The van der Waals surface area contributed by atoms with Crippen LogP contribution < -0.4 is 0 Å². The Balaban J connectivity index is 1.91. The van der Waals surface area contributed by atoms with Crippen molar-refractivity contribution < 1.29 is 23.8 Å². The van der Waals surface area contributed by atoms with E-state index in [1.165, 1.54) is 17.0 Å². The molecule has 1 fully saturated rings. The average Bonchev–Trinajstić information content (AvgIpc) is 2.96. The average molecular weight is 332 g/mol. The standard InChI is InChI=1S/C17H17FN2O4/c1-19-13(11-2-4-12(18)5-3-11)6-7-14(19)16(21)20-8-9-24-10-15(20)17(22)23/h2-7,15H,8-10H2,1H3,(H,22,23). The minimum absolute atomic E-state index is 0.0175. The lowest BCUT2D eigenvalue weighted by molar-refractivity contribution is -0.147. The van der Waals surface area contributed by atoms with Crippen LogP contribution in [0.15, 0.2) is 36.4 Å². The van der Waals surface area contributed by atoms with Crippen LogP contribution in [0.4, 0.5) is 4.39 Å². The summed E-state index contributed by atoms with van der Waals surface area (Å²) in [4.78, 5) is 25.4. The summed E-state index contributed by atoms with van der Waals surface area (Å²) < 4.78 is 19.9. The normalized spacial score (nSPS) is 17.8. The molecule has 7 heteroatoms. The first kappa shape index (κ1) is 16.2. The number of carboxylic acids is 1. The van der Waals surface area contributed by atoms with Crippen LogP contribution in [0.5, 0.6) is 0 Å². The molecule has 0 radical (unpaired) electrons. The molecule has 0 saturated carbocycles. The predicted octanol–water partition coefficient (Wildman–Crippen LogP) is 1.76. The lowest BCUT2D eigenvalue weighted by atomic mass is 10.1. The first-order valence-corrected chi connectivity index (χ1v) is 7.52. The highest BCUT2D eigenvalue weighted by atomic mass is 19.1. The molecule has 1 amide bonds. The van der Waals surface area contributed by atoms with Gasteiger partial charge in [0.05, 0.1) is 13.2 Å². The Hall–Kier alpha value is -2.67. The first-order valence-electron chi connectivity index (χ1n) is 7.52. The van der Waals surface area contributed by atoms with Gasteiger partial charge in [-0.2, -0.15) is 0 Å². The number of halogens is 1. The third-order valence-electron chi connectivity index (χ3n) is 4.16. The summed E-state index contributed by atoms with van der Waals surface area (Å²) in [7, 11) is 1.72. The Labute approximate surface area is 138 Å². The minimum atomic E-state index is -1.09. The Morgan fingerprint density at radius 3 is 2.58 bits per heavy atom. The highest BCUT2D eigenvalue weighted by molar-refractivity contribution is 5.96. The first-order chi connectivity index (χ1) is 11.5. The van der Waals surface area contributed by atoms with E-state index in [0.29, 0.717) is 12.3 Å². The van der Waals surface area contributed by atoms with E-state index >= 15 is 0 Å². The lowest BCUT2D eigenvalue weighted by Crippen LogP contribution is -2.52. The van der Waals surface area contributed by atoms with Crippen molar-refractivity contribution in [1.82, 2.24) is 9.47 Å². The van der Waals surface area contributed by atoms with Crippen molar-refractivity contribution in [2.24, 2.45) is 7.05 Å². The van der Waals surface area contributed by atoms with Crippen LogP contribution in [0.2, 0.25) is 0 Å². The van der Waals surface area contributed by atoms with Gasteiger partial charge in [0, 0.05) is 19.3 Å². The second-order valence-corrected chi connectivity index (χ2v) is 5.60. The van der Waals surface area contributed by atoms with E-state index in [1.54, 1.807) is 35.9 Å². The van der Waals surface area contributed by atoms with E-state index in [4.69, 9.17) is 4.74 Å². The summed E-state index contributed by atoms with van der Waals surface area (Å²) in [5, 5.41) is 9.27. The number of aromatic nitrogens is 1. The maximum atomic E-state index is 13.1. The molecule has 126 valence electrons. The van der Waals surface area contributed by atoms with Crippen molar-refractivity contribution >= 4 is 11.9 Å². The molecule has 0 aliphatic carbocycles. The Bertz CT molecular complexity index is 769. The quantitative estimate of drug-likeness (QED) is 0.930. The second-order valence-electron chi connectivity index (χ2n) is 5.60. The molecule has 0 bridgehead atoms. The maximum Gasteiger partial charge on any atom is 0.328 e. The smallest absolute Gasteiger partial charge is 0.328 e. The van der Waals surface area contributed by atoms with Crippen LogP contribution in [0, 0.1) is 5.82 Å². The molecule has 1 saturated heterocycles. The van der Waals surface area contributed by atoms with Gasteiger partial charge in [-0.1, -0.05) is 0 Å². The molecule has 2 aromatic rings. The zero-order valence-electron chi connectivity index (χ0n) is 13.1. The minimum Gasteiger partial charge on any atom is -0.480 e. The molecular weight excluding hydrogens is 315 g/mol. The van der Waals surface area contributed by atoms with Gasteiger partial charge in [-0.25, -0.2) is 9.18 Å². The molecule has 3 rings (SSSR count). The van der Waals surface area contributed by atoms with Gasteiger partial charge in [-0.3, -0.25) is 4.79 Å². The zero-order chi connectivity index (χ0) is 17.3. The molecule has 0 spiro atoms. The van der Waals surface area contributed by atoms with Crippen molar-refractivity contribution in [3.05, 3.63) is 47.9 Å². The molecule has 1 aromatic carbocycles. The molecule has 1 N–H and O–H groups in total. The second kappa shape index (κ2) is 6.45. The van der Waals surface area contributed by atoms with E-state index in [1.807, 2.05) is 0 Å². The van der Waals surface area contributed by atoms with Gasteiger partial charge in [0.25, 0.3) is 5.91 Å². The fraction of sp³-hybridized carbons (Fsp3) is 0.294. The van der Waals surface area contributed by atoms with Gasteiger partial charge in [-0.15, -0.1) is 0 Å². The Kier molecular flexibility index (Phi) is 4.35. The summed E-state index contributed by atoms with van der Waals surface area (Å²) in [6.07, 6.45) is 0. The van der Waals surface area contributed by atoms with Crippen molar-refractivity contribution in [3.63, 3.8) is 0 Å². The van der Waals surface area contributed by atoms with E-state index in [2.05, 4.69) is 0 Å². The van der Waals surface area contributed by atoms with Gasteiger partial charge in [0.1, 0.15) is 11.5 Å². The molecule has 2 heterocycles. The summed E-state index contributed by atoms with van der Waals surface area (Å²) in [5.74, 6) is -1.78. The molecule has 1 aliphatic heterocycles. The fourth-order valence-electron chi connectivity index (χ4n) is 2.84. The molecular formula is C17H17FN2O4. The monoisotopic (exact) mass is 332 g/mol. The number of rotatable bonds is 3. The summed E-state index contributed by atoms with van der Waals surface area (Å²) in [5.41, 5.74) is 1.90. The summed E-state index contributed by atoms with van der Waals surface area (Å²) in [6.45, 7) is 0.522. The number of ether oxygens (including phenoxy) is 1. The van der Waals surface area contributed by atoms with Crippen LogP contribution in [-0.2, 0) is 16.6 Å². The van der Waals surface area contributed by atoms with E-state index in [0.717, 1.165) is 11.3 Å². The number of carboxylic acid groups (broad SMARTS) is 1. The van der Waals surface area contributed by atoms with Crippen LogP contribution in [-0.4, -0.2) is 52.3 Å². The number of morpholine rings is 1. The number of aliphatic carboxylic acids is 1. The Morgan fingerprint density at radius 2 is 1.92 bits per heavy atom. The SMILES string of the molecule is Cn1c(C(=O)N2CCOCC2C(=O)O)ccc1-c1ccc(F)cc1. The third-order valence-corrected chi connectivity index (χ3v) is 4.16. The predicted molar refractivity (Wildman–Crippen MR) is 84.1 cm³/mol. The number of carbonyl (C=O) groups is 2. The highest BCUT2D eigenvalue weighted by Gasteiger charge is 2.34. The number of nitrogens with zero attached hydrogens (tertiary/aromatic N) is 2. The molecule has 1 aromatic heterocycles. The van der Waals surface area contributed by atoms with Crippen LogP contribution in [0.25, 0.3) is 11.3 Å². The van der Waals surface area contributed by atoms with Gasteiger partial charge >= 0.3 is 5.97 Å². The zero-order valence-corrected chi connectivity index (χ0v) is 13.1. The summed E-state index contributed by atoms with van der Waals surface area (Å²) in [6, 6.07) is 8.39. The van der Waals surface area contributed by atoms with E-state index in [-0.39, 0.29) is 24.9 Å². The maximum absolute atomic E-state index is 13.1. The van der Waals surface area contributed by atoms with Gasteiger partial charge in [-0.05, 0) is 42.0 Å².